The van der Waals surface area contributed by atoms with E-state index in [1.165, 1.54) is 5.56 Å². The number of amides is 1. The average molecular weight is 383 g/mol. The number of benzene rings is 1. The summed E-state index contributed by atoms with van der Waals surface area (Å²) >= 11 is 3.49. The second kappa shape index (κ2) is 4.92. The topological polar surface area (TPSA) is 42.0 Å². The quantitative estimate of drug-likeness (QED) is 0.869. The Balaban J connectivity index is 1.20. The van der Waals surface area contributed by atoms with Crippen LogP contribution < -0.4 is 5.32 Å². The summed E-state index contributed by atoms with van der Waals surface area (Å²) < 4.78 is 1.12. The number of hydrogen-bond acceptors (Lipinski definition) is 2. The van der Waals surface area contributed by atoms with Gasteiger partial charge >= 0.3 is 0 Å². The van der Waals surface area contributed by atoms with E-state index in [0.29, 0.717) is 11.3 Å². The third-order valence-corrected chi connectivity index (χ3v) is 6.60. The molecule has 0 spiro atoms. The number of nitrogens with zero attached hydrogens (tertiary/aromatic N) is 1. The molecule has 24 heavy (non-hydrogen) atoms. The first kappa shape index (κ1) is 14.6. The summed E-state index contributed by atoms with van der Waals surface area (Å²) in [5.74, 6) is 0.672. The van der Waals surface area contributed by atoms with Crippen LogP contribution in [0, 0.1) is 5.92 Å². The Labute approximate surface area is 150 Å². The lowest BCUT2D eigenvalue weighted by atomic mass is 9.37. The second-order valence-electron chi connectivity index (χ2n) is 7.79. The molecule has 4 aliphatic carbocycles. The molecule has 4 fully saturated rings. The van der Waals surface area contributed by atoms with Crippen molar-refractivity contribution in [2.24, 2.45) is 5.92 Å². The summed E-state index contributed by atoms with van der Waals surface area (Å²) in [5, 5.41) is 3.35. The van der Waals surface area contributed by atoms with Crippen molar-refractivity contribution in [3.05, 3.63) is 64.4 Å². The van der Waals surface area contributed by atoms with Crippen LogP contribution >= 0.6 is 15.9 Å². The molecule has 122 valence electrons. The number of hydrogen-bond donors (Lipinski definition) is 1. The van der Waals surface area contributed by atoms with Gasteiger partial charge in [0.1, 0.15) is 0 Å². The molecule has 0 aliphatic heterocycles. The molecule has 0 radical (unpaired) electrons. The highest BCUT2D eigenvalue weighted by atomic mass is 79.9. The smallest absolute Gasteiger partial charge is 0.224 e. The van der Waals surface area contributed by atoms with Crippen LogP contribution in [-0.2, 0) is 10.2 Å². The van der Waals surface area contributed by atoms with E-state index in [0.717, 1.165) is 35.8 Å². The minimum Gasteiger partial charge on any atom is -0.350 e. The van der Waals surface area contributed by atoms with Crippen LogP contribution in [0.4, 0.5) is 0 Å². The lowest BCUT2D eigenvalue weighted by Crippen LogP contribution is -2.76. The van der Waals surface area contributed by atoms with Crippen LogP contribution in [0.2, 0.25) is 0 Å². The monoisotopic (exact) mass is 382 g/mol. The maximum atomic E-state index is 12.6. The standard InChI is InChI=1S/C20H19BrN2O/c21-14-6-4-13(5-7-14)19-10-20(11-19,12-19)23-18(24)16-9-15(16)17-3-1-2-8-22-17/h1-8,15-16H,9-12H2,(H,23,24)/t15-,16-,19?,20?/m1/s1. The van der Waals surface area contributed by atoms with E-state index in [1.54, 1.807) is 0 Å². The minimum atomic E-state index is 0.0708. The lowest BCUT2D eigenvalue weighted by Gasteiger charge is -2.71. The molecule has 1 aromatic carbocycles. The first-order valence-corrected chi connectivity index (χ1v) is 9.38. The molecule has 3 nitrogen and oxygen atoms in total. The molecule has 1 heterocycles. The predicted octanol–water partition coefficient (Wildman–Crippen LogP) is 3.94. The lowest BCUT2D eigenvalue weighted by molar-refractivity contribution is -0.139. The Morgan fingerprint density at radius 3 is 2.54 bits per heavy atom. The third-order valence-electron chi connectivity index (χ3n) is 6.07. The van der Waals surface area contributed by atoms with Crippen LogP contribution in [0.25, 0.3) is 0 Å². The summed E-state index contributed by atoms with van der Waals surface area (Å²) in [6.07, 6.45) is 6.03. The van der Waals surface area contributed by atoms with Gasteiger partial charge in [-0.2, -0.15) is 0 Å². The van der Waals surface area contributed by atoms with Crippen LogP contribution in [0.5, 0.6) is 0 Å². The van der Waals surface area contributed by atoms with Crippen LogP contribution in [0.3, 0.4) is 0 Å². The molecule has 2 bridgehead atoms. The highest BCUT2D eigenvalue weighted by Gasteiger charge is 2.69. The van der Waals surface area contributed by atoms with Gasteiger partial charge in [-0.15, -0.1) is 0 Å². The number of pyridine rings is 1. The summed E-state index contributed by atoms with van der Waals surface area (Å²) in [6, 6.07) is 14.6. The van der Waals surface area contributed by atoms with Gasteiger partial charge in [-0.25, -0.2) is 0 Å². The van der Waals surface area contributed by atoms with Gasteiger partial charge < -0.3 is 5.32 Å². The van der Waals surface area contributed by atoms with E-state index in [-0.39, 0.29) is 17.4 Å². The Kier molecular flexibility index (Phi) is 3.00. The van der Waals surface area contributed by atoms with Crippen molar-refractivity contribution in [3.8, 4) is 0 Å². The van der Waals surface area contributed by atoms with Crippen molar-refractivity contribution in [1.29, 1.82) is 0 Å². The Morgan fingerprint density at radius 2 is 1.88 bits per heavy atom. The number of carbonyl (C=O) groups excluding carboxylic acids is 1. The molecule has 2 aromatic rings. The minimum absolute atomic E-state index is 0.0708. The van der Waals surface area contributed by atoms with Crippen LogP contribution in [0.1, 0.15) is 42.9 Å². The summed E-state index contributed by atoms with van der Waals surface area (Å²) in [4.78, 5) is 17.0. The average Bonchev–Trinajstić information content (AvgIpc) is 3.32. The second-order valence-corrected chi connectivity index (χ2v) is 8.71. The molecule has 4 heteroatoms. The molecule has 1 amide bonds. The van der Waals surface area contributed by atoms with Crippen molar-refractivity contribution in [2.75, 3.05) is 0 Å². The SMILES string of the molecule is O=C(NC12CC(c3ccc(Br)cc3)(C1)C2)[C@@H]1C[C@H]1c1ccccn1. The van der Waals surface area contributed by atoms with Crippen molar-refractivity contribution in [3.63, 3.8) is 0 Å². The zero-order chi connectivity index (χ0) is 16.4. The molecule has 0 saturated heterocycles. The molecule has 1 N–H and O–H groups in total. The van der Waals surface area contributed by atoms with Crippen molar-refractivity contribution >= 4 is 21.8 Å². The number of aromatic nitrogens is 1. The largest absolute Gasteiger partial charge is 0.350 e. The van der Waals surface area contributed by atoms with E-state index in [2.05, 4.69) is 50.5 Å². The molecular formula is C20H19BrN2O. The zero-order valence-corrected chi connectivity index (χ0v) is 14.9. The molecule has 4 aliphatic rings. The van der Waals surface area contributed by atoms with Gasteiger partial charge in [-0.1, -0.05) is 34.1 Å². The molecule has 4 saturated carbocycles. The summed E-state index contributed by atoms with van der Waals surface area (Å²) in [5.41, 5.74) is 2.86. The molecule has 1 aromatic heterocycles. The molecule has 2 atom stereocenters. The van der Waals surface area contributed by atoms with E-state index < -0.39 is 0 Å². The van der Waals surface area contributed by atoms with Crippen LogP contribution in [-0.4, -0.2) is 16.4 Å². The fraction of sp³-hybridized carbons (Fsp3) is 0.400. The zero-order valence-electron chi connectivity index (χ0n) is 13.3. The van der Waals surface area contributed by atoms with Crippen molar-refractivity contribution < 1.29 is 4.79 Å². The van der Waals surface area contributed by atoms with Crippen molar-refractivity contribution in [2.45, 2.75) is 42.6 Å². The highest BCUT2D eigenvalue weighted by Crippen LogP contribution is 2.68. The van der Waals surface area contributed by atoms with Crippen LogP contribution in [0.15, 0.2) is 53.1 Å². The number of halogens is 1. The summed E-state index contributed by atoms with van der Waals surface area (Å²) in [7, 11) is 0. The fourth-order valence-electron chi connectivity index (χ4n) is 4.79. The van der Waals surface area contributed by atoms with E-state index in [1.807, 2.05) is 24.4 Å². The fourth-order valence-corrected chi connectivity index (χ4v) is 5.06. The van der Waals surface area contributed by atoms with Gasteiger partial charge in [0.2, 0.25) is 5.91 Å². The Morgan fingerprint density at radius 1 is 1.12 bits per heavy atom. The predicted molar refractivity (Wildman–Crippen MR) is 95.6 cm³/mol. The maximum absolute atomic E-state index is 12.6. The van der Waals surface area contributed by atoms with Gasteiger partial charge in [0.05, 0.1) is 0 Å². The van der Waals surface area contributed by atoms with Gasteiger partial charge in [0.15, 0.2) is 0 Å². The van der Waals surface area contributed by atoms with E-state index in [9.17, 15) is 4.79 Å². The Hall–Kier alpha value is -1.68. The van der Waals surface area contributed by atoms with Crippen molar-refractivity contribution in [1.82, 2.24) is 10.3 Å². The highest BCUT2D eigenvalue weighted by molar-refractivity contribution is 9.10. The first-order chi connectivity index (χ1) is 11.6. The van der Waals surface area contributed by atoms with Gasteiger partial charge in [0, 0.05) is 39.2 Å². The molecule has 6 rings (SSSR count). The number of nitrogens with one attached hydrogen (secondary N) is 1. The van der Waals surface area contributed by atoms with Gasteiger partial charge in [-0.3, -0.25) is 9.78 Å². The summed E-state index contributed by atoms with van der Waals surface area (Å²) in [6.45, 7) is 0. The molecular weight excluding hydrogens is 364 g/mol. The maximum Gasteiger partial charge on any atom is 0.224 e. The van der Waals surface area contributed by atoms with Gasteiger partial charge in [-0.05, 0) is 55.5 Å². The van der Waals surface area contributed by atoms with E-state index >= 15 is 0 Å². The first-order valence-electron chi connectivity index (χ1n) is 8.58. The third kappa shape index (κ3) is 2.16. The van der Waals surface area contributed by atoms with Gasteiger partial charge in [0.25, 0.3) is 0 Å². The number of rotatable bonds is 4. The Bertz CT molecular complexity index is 782. The normalized spacial score (nSPS) is 35.5. The van der Waals surface area contributed by atoms with E-state index in [4.69, 9.17) is 0 Å². The number of carbonyl (C=O) groups is 1. The molecule has 0 unspecified atom stereocenters.